The van der Waals surface area contributed by atoms with Gasteiger partial charge in [0.15, 0.2) is 11.5 Å². The summed E-state index contributed by atoms with van der Waals surface area (Å²) in [6, 6.07) is 6.64. The number of aliphatic hydroxyl groups is 1. The van der Waals surface area contributed by atoms with Crippen molar-refractivity contribution in [2.24, 2.45) is 5.92 Å². The van der Waals surface area contributed by atoms with Gasteiger partial charge in [0, 0.05) is 31.2 Å². The minimum absolute atomic E-state index is 0.102. The number of rotatable bonds is 4. The monoisotopic (exact) mass is 384 g/mol. The van der Waals surface area contributed by atoms with E-state index in [1.54, 1.807) is 18.3 Å². The van der Waals surface area contributed by atoms with Gasteiger partial charge in [0.05, 0.1) is 17.3 Å². The number of hydrogen-bond acceptors (Lipinski definition) is 6. The Hall–Kier alpha value is -2.58. The maximum Gasteiger partial charge on any atom is 0.181 e. The zero-order valence-electron chi connectivity index (χ0n) is 16.3. The minimum Gasteiger partial charge on any atom is -0.388 e. The van der Waals surface area contributed by atoms with Gasteiger partial charge in [-0.1, -0.05) is 13.8 Å². The summed E-state index contributed by atoms with van der Waals surface area (Å²) >= 11 is 0. The number of pyridine rings is 2. The lowest BCUT2D eigenvalue weighted by atomic mass is 9.84. The van der Waals surface area contributed by atoms with Crippen LogP contribution in [-0.2, 0) is 0 Å². The van der Waals surface area contributed by atoms with Gasteiger partial charge in [-0.25, -0.2) is 14.4 Å². The standard InChI is InChI=1S/C20H25FN6O/c1-12(2)20(3,28)15-11-27(10-9-22-15)16-7-6-14(21)18(24-16)17-13-5-4-8-23-19(13)26-25-17/h4-8,12,15,22,28H,9-11H2,1-3H3,(H,23,25,26)/t15-,20+/m0/s1. The zero-order chi connectivity index (χ0) is 19.9. The number of aromatic nitrogens is 4. The van der Waals surface area contributed by atoms with E-state index in [1.165, 1.54) is 6.07 Å². The van der Waals surface area contributed by atoms with Crippen molar-refractivity contribution < 1.29 is 9.50 Å². The number of piperazine rings is 1. The van der Waals surface area contributed by atoms with E-state index in [4.69, 9.17) is 0 Å². The Balaban J connectivity index is 1.67. The van der Waals surface area contributed by atoms with Crippen molar-refractivity contribution in [2.45, 2.75) is 32.4 Å². The van der Waals surface area contributed by atoms with Crippen molar-refractivity contribution in [1.29, 1.82) is 0 Å². The first kappa shape index (κ1) is 18.8. The lowest BCUT2D eigenvalue weighted by Crippen LogP contribution is -2.62. The first-order valence-electron chi connectivity index (χ1n) is 9.54. The highest BCUT2D eigenvalue weighted by Gasteiger charge is 2.38. The molecule has 8 heteroatoms. The second-order valence-electron chi connectivity index (χ2n) is 7.81. The smallest absolute Gasteiger partial charge is 0.181 e. The molecule has 2 atom stereocenters. The minimum atomic E-state index is -0.854. The highest BCUT2D eigenvalue weighted by molar-refractivity contribution is 5.89. The fourth-order valence-corrected chi connectivity index (χ4v) is 3.57. The maximum absolute atomic E-state index is 14.6. The predicted molar refractivity (Wildman–Crippen MR) is 107 cm³/mol. The number of nitrogens with zero attached hydrogens (tertiary/aromatic N) is 4. The van der Waals surface area contributed by atoms with Crippen LogP contribution in [0.25, 0.3) is 22.4 Å². The molecule has 4 heterocycles. The van der Waals surface area contributed by atoms with Crippen molar-refractivity contribution >= 4 is 16.9 Å². The van der Waals surface area contributed by atoms with Gasteiger partial charge < -0.3 is 15.3 Å². The predicted octanol–water partition coefficient (Wildman–Crippen LogP) is 2.34. The molecule has 1 aliphatic rings. The van der Waals surface area contributed by atoms with E-state index < -0.39 is 11.4 Å². The Bertz CT molecular complexity index is 986. The third kappa shape index (κ3) is 3.22. The molecule has 28 heavy (non-hydrogen) atoms. The van der Waals surface area contributed by atoms with E-state index in [9.17, 15) is 9.50 Å². The molecule has 3 aromatic heterocycles. The summed E-state index contributed by atoms with van der Waals surface area (Å²) < 4.78 is 14.6. The van der Waals surface area contributed by atoms with Crippen LogP contribution in [0.1, 0.15) is 20.8 Å². The Kier molecular flexibility index (Phi) is 4.76. The normalized spacial score (nSPS) is 19.9. The highest BCUT2D eigenvalue weighted by Crippen LogP contribution is 2.29. The van der Waals surface area contributed by atoms with Crippen molar-refractivity contribution in [2.75, 3.05) is 24.5 Å². The van der Waals surface area contributed by atoms with E-state index in [1.807, 2.05) is 26.8 Å². The van der Waals surface area contributed by atoms with Crippen molar-refractivity contribution in [3.05, 3.63) is 36.3 Å². The molecule has 0 saturated carbocycles. The summed E-state index contributed by atoms with van der Waals surface area (Å²) in [6.45, 7) is 7.91. The van der Waals surface area contributed by atoms with Gasteiger partial charge in [0.25, 0.3) is 0 Å². The SMILES string of the molecule is CC(C)[C@@](C)(O)[C@@H]1CN(c2ccc(F)c(-c3[nH]nc4ncccc34)n2)CCN1. The van der Waals surface area contributed by atoms with Crippen LogP contribution in [-0.4, -0.2) is 56.5 Å². The average Bonchev–Trinajstić information content (AvgIpc) is 3.12. The highest BCUT2D eigenvalue weighted by atomic mass is 19.1. The van der Waals surface area contributed by atoms with Crippen LogP contribution in [0.15, 0.2) is 30.5 Å². The molecule has 0 spiro atoms. The van der Waals surface area contributed by atoms with E-state index in [0.717, 1.165) is 18.5 Å². The number of anilines is 1. The van der Waals surface area contributed by atoms with E-state index >= 15 is 0 Å². The molecular weight excluding hydrogens is 359 g/mol. The van der Waals surface area contributed by atoms with Crippen LogP contribution in [0.5, 0.6) is 0 Å². The topological polar surface area (TPSA) is 90.0 Å². The Morgan fingerprint density at radius 2 is 2.14 bits per heavy atom. The Morgan fingerprint density at radius 3 is 2.93 bits per heavy atom. The van der Waals surface area contributed by atoms with Gasteiger partial charge >= 0.3 is 0 Å². The first-order valence-corrected chi connectivity index (χ1v) is 9.54. The molecule has 3 N–H and O–H groups in total. The molecule has 1 saturated heterocycles. The van der Waals surface area contributed by atoms with Crippen LogP contribution < -0.4 is 10.2 Å². The van der Waals surface area contributed by atoms with Gasteiger partial charge in [0.1, 0.15) is 11.5 Å². The summed E-state index contributed by atoms with van der Waals surface area (Å²) in [6.07, 6.45) is 1.65. The summed E-state index contributed by atoms with van der Waals surface area (Å²) in [5.41, 5.74) is 0.411. The number of H-pyrrole nitrogens is 1. The molecule has 1 fully saturated rings. The first-order chi connectivity index (χ1) is 13.4. The molecule has 3 aromatic rings. The molecule has 0 amide bonds. The molecule has 4 rings (SSSR count). The van der Waals surface area contributed by atoms with Crippen LogP contribution >= 0.6 is 0 Å². The second kappa shape index (κ2) is 7.10. The van der Waals surface area contributed by atoms with Crippen molar-refractivity contribution in [1.82, 2.24) is 25.5 Å². The average molecular weight is 384 g/mol. The summed E-state index contributed by atoms with van der Waals surface area (Å²) in [7, 11) is 0. The van der Waals surface area contributed by atoms with Gasteiger partial charge in [-0.2, -0.15) is 5.10 Å². The van der Waals surface area contributed by atoms with Crippen molar-refractivity contribution in [3.8, 4) is 11.4 Å². The van der Waals surface area contributed by atoms with Crippen LogP contribution in [0.2, 0.25) is 0 Å². The third-order valence-electron chi connectivity index (χ3n) is 5.77. The van der Waals surface area contributed by atoms with Crippen LogP contribution in [0.3, 0.4) is 0 Å². The quantitative estimate of drug-likeness (QED) is 0.640. The molecule has 0 aliphatic carbocycles. The molecule has 7 nitrogen and oxygen atoms in total. The lowest BCUT2D eigenvalue weighted by Gasteiger charge is -2.43. The molecule has 0 bridgehead atoms. The fraction of sp³-hybridized carbons (Fsp3) is 0.450. The van der Waals surface area contributed by atoms with Gasteiger partial charge in [-0.3, -0.25) is 5.10 Å². The molecule has 0 aromatic carbocycles. The molecule has 0 unspecified atom stereocenters. The molecule has 1 aliphatic heterocycles. The second-order valence-corrected chi connectivity index (χ2v) is 7.81. The van der Waals surface area contributed by atoms with Crippen LogP contribution in [0.4, 0.5) is 10.2 Å². The number of aromatic amines is 1. The molecule has 148 valence electrons. The maximum atomic E-state index is 14.6. The number of fused-ring (bicyclic) bond motifs is 1. The summed E-state index contributed by atoms with van der Waals surface area (Å²) in [4.78, 5) is 10.9. The number of hydrogen-bond donors (Lipinski definition) is 3. The van der Waals surface area contributed by atoms with Crippen molar-refractivity contribution in [3.63, 3.8) is 0 Å². The van der Waals surface area contributed by atoms with E-state index in [-0.39, 0.29) is 17.7 Å². The van der Waals surface area contributed by atoms with Crippen LogP contribution in [0, 0.1) is 11.7 Å². The van der Waals surface area contributed by atoms with Gasteiger partial charge in [0.2, 0.25) is 0 Å². The number of halogens is 1. The fourth-order valence-electron chi connectivity index (χ4n) is 3.57. The zero-order valence-corrected chi connectivity index (χ0v) is 16.3. The third-order valence-corrected chi connectivity index (χ3v) is 5.77. The molecular formula is C20H25FN6O. The number of nitrogens with one attached hydrogen (secondary N) is 2. The lowest BCUT2D eigenvalue weighted by molar-refractivity contribution is -0.0231. The Labute approximate surface area is 163 Å². The molecule has 0 radical (unpaired) electrons. The van der Waals surface area contributed by atoms with E-state index in [0.29, 0.717) is 23.7 Å². The Morgan fingerprint density at radius 1 is 1.32 bits per heavy atom. The summed E-state index contributed by atoms with van der Waals surface area (Å²) in [5.74, 6) is 0.360. The van der Waals surface area contributed by atoms with E-state index in [2.05, 4.69) is 30.4 Å². The van der Waals surface area contributed by atoms with Gasteiger partial charge in [-0.05, 0) is 37.1 Å². The summed E-state index contributed by atoms with van der Waals surface area (Å²) in [5, 5.41) is 22.0. The van der Waals surface area contributed by atoms with Gasteiger partial charge in [-0.15, -0.1) is 0 Å². The largest absolute Gasteiger partial charge is 0.388 e.